The van der Waals surface area contributed by atoms with Crippen LogP contribution >= 0.6 is 11.6 Å². The third kappa shape index (κ3) is 8.65. The Morgan fingerprint density at radius 3 is 2.70 bits per heavy atom. The number of hydrogen-bond donors (Lipinski definition) is 2. The Bertz CT molecular complexity index is 1410. The molecule has 240 valence electrons. The maximum Gasteiger partial charge on any atom is 0.264 e. The summed E-state index contributed by atoms with van der Waals surface area (Å²) in [5, 5.41) is 10.3. The van der Waals surface area contributed by atoms with Crippen molar-refractivity contribution in [3.05, 3.63) is 83.4 Å². The second kappa shape index (κ2) is 15.9. The summed E-state index contributed by atoms with van der Waals surface area (Å²) in [5.74, 6) is 0.301. The average Bonchev–Trinajstić information content (AvgIpc) is 2.98. The Morgan fingerprint density at radius 1 is 1.18 bits per heavy atom. The highest BCUT2D eigenvalue weighted by Crippen LogP contribution is 2.40. The van der Waals surface area contributed by atoms with Crippen molar-refractivity contribution >= 4 is 33.2 Å². The van der Waals surface area contributed by atoms with Crippen LogP contribution < -0.4 is 14.4 Å². The van der Waals surface area contributed by atoms with Crippen molar-refractivity contribution in [2.75, 3.05) is 38.3 Å². The lowest BCUT2D eigenvalue weighted by Crippen LogP contribution is -2.43. The molecule has 1 aliphatic carbocycles. The molecule has 4 rings (SSSR count). The molecule has 8 nitrogen and oxygen atoms in total. The van der Waals surface area contributed by atoms with E-state index in [2.05, 4.69) is 28.8 Å². The van der Waals surface area contributed by atoms with Crippen LogP contribution in [0.3, 0.4) is 0 Å². The summed E-state index contributed by atoms with van der Waals surface area (Å²) in [6, 6.07) is 11.1. The number of halogens is 1. The third-order valence-corrected chi connectivity index (χ3v) is 10.8. The molecule has 1 heterocycles. The number of amides is 1. The van der Waals surface area contributed by atoms with Crippen LogP contribution in [0.2, 0.25) is 5.02 Å². The third-order valence-electron chi connectivity index (χ3n) is 8.81. The zero-order valence-electron chi connectivity index (χ0n) is 25.5. The number of rotatable bonds is 12. The van der Waals surface area contributed by atoms with E-state index < -0.39 is 27.3 Å². The molecular weight excluding hydrogens is 600 g/mol. The second-order valence-electron chi connectivity index (χ2n) is 11.7. The molecule has 1 aliphatic heterocycles. The summed E-state index contributed by atoms with van der Waals surface area (Å²) >= 11 is 6.31. The standard InChI is InChI=1S/C34H45ClN2O6S/c1-4-6-10-29(23-42-3)44(40,41)36-34(39)26-13-16-33-31(21-26)37(22-27-12-15-30(27)32(38)5-2)18-8-7-9-25-20-28(35)14-11-24(25)17-19-43-33/h4-5,11,13-14,16,20-21,27,29-30,32,38H,1-2,6-10,12,15,17-19,22-23H2,3H3,(H,36,39)/t27?,29-,30?,32-/m0/s1. The summed E-state index contributed by atoms with van der Waals surface area (Å²) in [6.07, 6.45) is 8.80. The van der Waals surface area contributed by atoms with Crippen LogP contribution in [0, 0.1) is 11.8 Å². The number of benzene rings is 2. The highest BCUT2D eigenvalue weighted by Gasteiger charge is 2.36. The van der Waals surface area contributed by atoms with E-state index >= 15 is 0 Å². The highest BCUT2D eigenvalue weighted by atomic mass is 35.5. The number of nitrogens with one attached hydrogen (secondary N) is 1. The molecule has 2 unspecified atom stereocenters. The van der Waals surface area contributed by atoms with Gasteiger partial charge in [0.05, 0.1) is 25.0 Å². The second-order valence-corrected chi connectivity index (χ2v) is 14.1. The number of sulfonamides is 1. The first-order chi connectivity index (χ1) is 21.2. The zero-order valence-corrected chi connectivity index (χ0v) is 27.1. The predicted molar refractivity (Wildman–Crippen MR) is 176 cm³/mol. The van der Waals surface area contributed by atoms with Crippen LogP contribution in [0.1, 0.15) is 60.0 Å². The first-order valence-electron chi connectivity index (χ1n) is 15.4. The Morgan fingerprint density at radius 2 is 2.00 bits per heavy atom. The Balaban J connectivity index is 1.63. The summed E-state index contributed by atoms with van der Waals surface area (Å²) in [4.78, 5) is 15.6. The maximum absolute atomic E-state index is 13.4. The molecule has 1 amide bonds. The number of nitrogens with zero attached hydrogens (tertiary/aromatic N) is 1. The minimum atomic E-state index is -4.00. The fraction of sp³-hybridized carbons (Fsp3) is 0.500. The van der Waals surface area contributed by atoms with E-state index in [1.165, 1.54) is 18.2 Å². The van der Waals surface area contributed by atoms with Crippen molar-refractivity contribution in [1.82, 2.24) is 4.72 Å². The van der Waals surface area contributed by atoms with Gasteiger partial charge in [-0.2, -0.15) is 0 Å². The van der Waals surface area contributed by atoms with E-state index in [1.807, 2.05) is 12.1 Å². The lowest BCUT2D eigenvalue weighted by molar-refractivity contribution is 0.0465. The van der Waals surface area contributed by atoms with Crippen molar-refractivity contribution in [1.29, 1.82) is 0 Å². The van der Waals surface area contributed by atoms with Gasteiger partial charge in [0.15, 0.2) is 0 Å². The Labute approximate surface area is 267 Å². The molecule has 44 heavy (non-hydrogen) atoms. The molecule has 2 aromatic rings. The number of methoxy groups -OCH3 is 1. The molecule has 0 saturated heterocycles. The SMILES string of the molecule is C=CCC[C@@H](COC)S(=O)(=O)NC(=O)c1ccc2c(c1)N(CC1CCC1[C@@H](O)C=C)CCCCc1cc(Cl)ccc1CCO2. The van der Waals surface area contributed by atoms with E-state index in [1.54, 1.807) is 30.4 Å². The van der Waals surface area contributed by atoms with Gasteiger partial charge in [0.25, 0.3) is 5.91 Å². The van der Waals surface area contributed by atoms with Gasteiger partial charge in [-0.05, 0) is 98.2 Å². The number of fused-ring (bicyclic) bond motifs is 2. The predicted octanol–water partition coefficient (Wildman–Crippen LogP) is 5.72. The smallest absolute Gasteiger partial charge is 0.264 e. The van der Waals surface area contributed by atoms with Crippen molar-refractivity contribution in [2.24, 2.45) is 11.8 Å². The van der Waals surface area contributed by atoms with Crippen molar-refractivity contribution in [3.63, 3.8) is 0 Å². The fourth-order valence-corrected chi connectivity index (χ4v) is 7.62. The number of hydrogen-bond acceptors (Lipinski definition) is 7. The van der Waals surface area contributed by atoms with Gasteiger partial charge in [0.1, 0.15) is 11.0 Å². The van der Waals surface area contributed by atoms with Gasteiger partial charge in [0.2, 0.25) is 10.0 Å². The zero-order chi connectivity index (χ0) is 31.7. The topological polar surface area (TPSA) is 105 Å². The molecule has 2 aromatic carbocycles. The van der Waals surface area contributed by atoms with Gasteiger partial charge in [-0.25, -0.2) is 13.1 Å². The van der Waals surface area contributed by atoms with E-state index in [0.29, 0.717) is 44.7 Å². The van der Waals surface area contributed by atoms with Gasteiger partial charge < -0.3 is 19.5 Å². The van der Waals surface area contributed by atoms with E-state index in [9.17, 15) is 18.3 Å². The maximum atomic E-state index is 13.4. The van der Waals surface area contributed by atoms with E-state index in [-0.39, 0.29) is 24.0 Å². The molecule has 0 spiro atoms. The minimum absolute atomic E-state index is 0.0310. The largest absolute Gasteiger partial charge is 0.491 e. The molecule has 0 bridgehead atoms. The van der Waals surface area contributed by atoms with E-state index in [0.717, 1.165) is 42.8 Å². The first-order valence-corrected chi connectivity index (χ1v) is 17.3. The summed E-state index contributed by atoms with van der Waals surface area (Å²) < 4.78 is 40.0. The number of allylic oxidation sites excluding steroid dienone is 1. The number of carbonyl (C=O) groups excluding carboxylic acids is 1. The summed E-state index contributed by atoms with van der Waals surface area (Å²) in [7, 11) is -2.56. The number of aliphatic hydroxyl groups is 1. The van der Waals surface area contributed by atoms with Gasteiger partial charge in [0, 0.05) is 37.2 Å². The quantitative estimate of drug-likeness (QED) is 0.285. The number of anilines is 1. The van der Waals surface area contributed by atoms with Crippen molar-refractivity contribution < 1.29 is 27.8 Å². The van der Waals surface area contributed by atoms with Crippen LogP contribution in [0.4, 0.5) is 5.69 Å². The number of carbonyl (C=O) groups is 1. The summed E-state index contributed by atoms with van der Waals surface area (Å²) in [5.41, 5.74) is 3.40. The molecular formula is C34H45ClN2O6S. The molecule has 1 saturated carbocycles. The van der Waals surface area contributed by atoms with E-state index in [4.69, 9.17) is 21.1 Å². The van der Waals surface area contributed by atoms with Gasteiger partial charge >= 0.3 is 0 Å². The Hall–Kier alpha value is -2.85. The van der Waals surface area contributed by atoms with Gasteiger partial charge in [-0.3, -0.25) is 4.79 Å². The van der Waals surface area contributed by atoms with Crippen molar-refractivity contribution in [2.45, 2.75) is 62.7 Å². The molecule has 0 aromatic heterocycles. The monoisotopic (exact) mass is 644 g/mol. The average molecular weight is 645 g/mol. The summed E-state index contributed by atoms with van der Waals surface area (Å²) in [6.45, 7) is 9.23. The van der Waals surface area contributed by atoms with Crippen LogP contribution in [0.5, 0.6) is 5.75 Å². The van der Waals surface area contributed by atoms with Crippen LogP contribution in [0.15, 0.2) is 61.7 Å². The van der Waals surface area contributed by atoms with Gasteiger partial charge in [-0.1, -0.05) is 29.8 Å². The molecule has 1 fully saturated rings. The van der Waals surface area contributed by atoms with Crippen LogP contribution in [-0.4, -0.2) is 64.2 Å². The molecule has 2 N–H and O–H groups in total. The molecule has 0 radical (unpaired) electrons. The Kier molecular flexibility index (Phi) is 12.3. The van der Waals surface area contributed by atoms with Gasteiger partial charge in [-0.15, -0.1) is 13.2 Å². The minimum Gasteiger partial charge on any atom is -0.491 e. The van der Waals surface area contributed by atoms with Crippen molar-refractivity contribution in [3.8, 4) is 5.75 Å². The lowest BCUT2D eigenvalue weighted by Gasteiger charge is -2.42. The van der Waals surface area contributed by atoms with Crippen LogP contribution in [-0.2, 0) is 27.6 Å². The molecule has 10 heteroatoms. The number of aryl methyl sites for hydroxylation is 1. The molecule has 2 aliphatic rings. The fourth-order valence-electron chi connectivity index (χ4n) is 6.12. The highest BCUT2D eigenvalue weighted by molar-refractivity contribution is 7.90. The molecule has 4 atom stereocenters. The van der Waals surface area contributed by atoms with Crippen LogP contribution in [0.25, 0.3) is 0 Å². The lowest BCUT2D eigenvalue weighted by atomic mass is 9.70. The first kappa shape index (κ1) is 34.0. The number of ether oxygens (including phenoxy) is 2. The number of aliphatic hydroxyl groups excluding tert-OH is 1. The normalized spacial score (nSPS) is 20.3.